The molecule has 0 aliphatic carbocycles. The monoisotopic (exact) mass is 247 g/mol. The fraction of sp³-hybridized carbons (Fsp3) is 0.231. The van der Waals surface area contributed by atoms with Crippen molar-refractivity contribution in [3.05, 3.63) is 34.3 Å². The van der Waals surface area contributed by atoms with Gasteiger partial charge in [0.25, 0.3) is 11.8 Å². The van der Waals surface area contributed by atoms with E-state index in [1.54, 1.807) is 18.2 Å². The van der Waals surface area contributed by atoms with Gasteiger partial charge in [-0.2, -0.15) is 0 Å². The van der Waals surface area contributed by atoms with E-state index < -0.39 is 0 Å². The van der Waals surface area contributed by atoms with Crippen LogP contribution in [-0.4, -0.2) is 23.3 Å². The summed E-state index contributed by atoms with van der Waals surface area (Å²) >= 11 is 5.92. The zero-order valence-electron chi connectivity index (χ0n) is 9.07. The Labute approximate surface area is 104 Å². The van der Waals surface area contributed by atoms with Gasteiger partial charge in [-0.25, -0.2) is 0 Å². The quantitative estimate of drug-likeness (QED) is 0.467. The van der Waals surface area contributed by atoms with E-state index in [9.17, 15) is 9.59 Å². The van der Waals surface area contributed by atoms with Crippen LogP contribution in [0.5, 0.6) is 0 Å². The summed E-state index contributed by atoms with van der Waals surface area (Å²) in [6.07, 6.45) is 6.28. The van der Waals surface area contributed by atoms with Crippen LogP contribution in [-0.2, 0) is 0 Å². The van der Waals surface area contributed by atoms with Gasteiger partial charge in [0.1, 0.15) is 0 Å². The van der Waals surface area contributed by atoms with Crippen molar-refractivity contribution < 1.29 is 9.59 Å². The molecule has 0 radical (unpaired) electrons. The standard InChI is InChI=1S/C13H10ClNO2/c1-2-3-4-8-15-12(16)9-6-5-7-10(14)11(9)13(15)17/h1,5-7H,3-4,8H2. The predicted octanol–water partition coefficient (Wildman–Crippen LogP) is 2.35. The van der Waals surface area contributed by atoms with Crippen molar-refractivity contribution in [1.82, 2.24) is 4.90 Å². The molecule has 4 heteroatoms. The average Bonchev–Trinajstić information content (AvgIpc) is 2.55. The van der Waals surface area contributed by atoms with Gasteiger partial charge in [-0.3, -0.25) is 14.5 Å². The number of hydrogen-bond donors (Lipinski definition) is 0. The van der Waals surface area contributed by atoms with Gasteiger partial charge >= 0.3 is 0 Å². The lowest BCUT2D eigenvalue weighted by Gasteiger charge is -2.12. The van der Waals surface area contributed by atoms with Crippen molar-refractivity contribution in [2.45, 2.75) is 12.8 Å². The van der Waals surface area contributed by atoms with E-state index >= 15 is 0 Å². The lowest BCUT2D eigenvalue weighted by Crippen LogP contribution is -2.30. The first-order valence-corrected chi connectivity index (χ1v) is 5.62. The molecule has 0 bridgehead atoms. The molecule has 1 aromatic carbocycles. The zero-order valence-corrected chi connectivity index (χ0v) is 9.83. The van der Waals surface area contributed by atoms with Crippen molar-refractivity contribution in [2.24, 2.45) is 0 Å². The van der Waals surface area contributed by atoms with E-state index in [4.69, 9.17) is 18.0 Å². The molecule has 2 amide bonds. The molecule has 0 fully saturated rings. The first kappa shape index (κ1) is 11.7. The summed E-state index contributed by atoms with van der Waals surface area (Å²) in [5, 5.41) is 0.320. The number of amides is 2. The normalized spacial score (nSPS) is 13.8. The molecule has 1 aromatic rings. The maximum absolute atomic E-state index is 12.0. The minimum Gasteiger partial charge on any atom is -0.274 e. The fourth-order valence-corrected chi connectivity index (χ4v) is 2.09. The third-order valence-corrected chi connectivity index (χ3v) is 2.97. The Balaban J connectivity index is 2.27. The number of fused-ring (bicyclic) bond motifs is 1. The largest absolute Gasteiger partial charge is 0.274 e. The van der Waals surface area contributed by atoms with E-state index in [0.29, 0.717) is 35.5 Å². The summed E-state index contributed by atoms with van der Waals surface area (Å²) in [4.78, 5) is 25.1. The summed E-state index contributed by atoms with van der Waals surface area (Å²) < 4.78 is 0. The van der Waals surface area contributed by atoms with E-state index in [-0.39, 0.29) is 11.8 Å². The van der Waals surface area contributed by atoms with Crippen LogP contribution in [0.15, 0.2) is 18.2 Å². The smallest absolute Gasteiger partial charge is 0.263 e. The first-order chi connectivity index (χ1) is 8.16. The SMILES string of the molecule is C#CCCCN1C(=O)c2cccc(Cl)c2C1=O. The number of hydrogen-bond acceptors (Lipinski definition) is 2. The van der Waals surface area contributed by atoms with Gasteiger partial charge in [-0.15, -0.1) is 12.3 Å². The minimum atomic E-state index is -0.326. The number of imide groups is 1. The highest BCUT2D eigenvalue weighted by atomic mass is 35.5. The van der Waals surface area contributed by atoms with Crippen molar-refractivity contribution in [3.8, 4) is 12.3 Å². The molecule has 0 spiro atoms. The molecule has 1 aliphatic rings. The Bertz CT molecular complexity index is 531. The highest BCUT2D eigenvalue weighted by Crippen LogP contribution is 2.29. The molecule has 0 unspecified atom stereocenters. The van der Waals surface area contributed by atoms with Crippen molar-refractivity contribution >= 4 is 23.4 Å². The van der Waals surface area contributed by atoms with Crippen molar-refractivity contribution in [2.75, 3.05) is 6.54 Å². The van der Waals surface area contributed by atoms with Crippen LogP contribution >= 0.6 is 11.6 Å². The van der Waals surface area contributed by atoms with Crippen LogP contribution in [0.2, 0.25) is 5.02 Å². The molecule has 2 rings (SSSR count). The topological polar surface area (TPSA) is 37.4 Å². The summed E-state index contributed by atoms with van der Waals surface area (Å²) in [5.74, 6) is 1.86. The average molecular weight is 248 g/mol. The third kappa shape index (κ3) is 1.92. The number of rotatable bonds is 3. The van der Waals surface area contributed by atoms with Crippen LogP contribution < -0.4 is 0 Å². The third-order valence-electron chi connectivity index (χ3n) is 2.65. The van der Waals surface area contributed by atoms with Gasteiger partial charge < -0.3 is 0 Å². The van der Waals surface area contributed by atoms with Crippen molar-refractivity contribution in [1.29, 1.82) is 0 Å². The number of carbonyl (C=O) groups excluding carboxylic acids is 2. The second-order valence-corrected chi connectivity index (χ2v) is 4.14. The number of nitrogens with zero attached hydrogens (tertiary/aromatic N) is 1. The molecule has 0 N–H and O–H groups in total. The van der Waals surface area contributed by atoms with E-state index in [1.807, 2.05) is 0 Å². The molecule has 0 aromatic heterocycles. The molecule has 3 nitrogen and oxygen atoms in total. The maximum atomic E-state index is 12.0. The lowest BCUT2D eigenvalue weighted by molar-refractivity contribution is 0.0653. The molecule has 0 atom stereocenters. The van der Waals surface area contributed by atoms with Crippen LogP contribution in [0, 0.1) is 12.3 Å². The van der Waals surface area contributed by atoms with Crippen LogP contribution in [0.1, 0.15) is 33.6 Å². The van der Waals surface area contributed by atoms with Gasteiger partial charge in [0, 0.05) is 13.0 Å². The maximum Gasteiger partial charge on any atom is 0.263 e. The Hall–Kier alpha value is -1.79. The molecule has 1 aliphatic heterocycles. The summed E-state index contributed by atoms with van der Waals surface area (Å²) in [6.45, 7) is 0.340. The molecule has 17 heavy (non-hydrogen) atoms. The van der Waals surface area contributed by atoms with E-state index in [2.05, 4.69) is 5.92 Å². The summed E-state index contributed by atoms with van der Waals surface area (Å²) in [7, 11) is 0. The van der Waals surface area contributed by atoms with Gasteiger partial charge in [-0.1, -0.05) is 17.7 Å². The zero-order chi connectivity index (χ0) is 12.4. The van der Waals surface area contributed by atoms with Crippen LogP contribution in [0.3, 0.4) is 0 Å². The molecule has 0 saturated carbocycles. The fourth-order valence-electron chi connectivity index (χ4n) is 1.83. The second-order valence-electron chi connectivity index (χ2n) is 3.73. The number of benzene rings is 1. The molecule has 86 valence electrons. The second kappa shape index (κ2) is 4.60. The Morgan fingerprint density at radius 1 is 1.29 bits per heavy atom. The number of terminal acetylenes is 1. The van der Waals surface area contributed by atoms with E-state index in [1.165, 1.54) is 4.90 Å². The Morgan fingerprint density at radius 3 is 2.71 bits per heavy atom. The van der Waals surface area contributed by atoms with Crippen LogP contribution in [0.4, 0.5) is 0 Å². The van der Waals surface area contributed by atoms with Gasteiger partial charge in [-0.05, 0) is 18.6 Å². The highest BCUT2D eigenvalue weighted by molar-refractivity contribution is 6.37. The van der Waals surface area contributed by atoms with Gasteiger partial charge in [0.2, 0.25) is 0 Å². The molecule has 0 saturated heterocycles. The number of carbonyl (C=O) groups is 2. The summed E-state index contributed by atoms with van der Waals surface area (Å²) in [6, 6.07) is 4.89. The van der Waals surface area contributed by atoms with E-state index in [0.717, 1.165) is 0 Å². The first-order valence-electron chi connectivity index (χ1n) is 5.25. The summed E-state index contributed by atoms with van der Waals surface area (Å²) in [5.41, 5.74) is 0.683. The minimum absolute atomic E-state index is 0.287. The van der Waals surface area contributed by atoms with Crippen molar-refractivity contribution in [3.63, 3.8) is 0 Å². The molecule has 1 heterocycles. The highest BCUT2D eigenvalue weighted by Gasteiger charge is 2.36. The number of unbranched alkanes of at least 4 members (excludes halogenated alkanes) is 1. The van der Waals surface area contributed by atoms with Crippen LogP contribution in [0.25, 0.3) is 0 Å². The Kier molecular flexibility index (Phi) is 3.16. The molecular formula is C13H10ClNO2. The lowest BCUT2D eigenvalue weighted by atomic mass is 10.1. The predicted molar refractivity (Wildman–Crippen MR) is 64.9 cm³/mol. The van der Waals surface area contributed by atoms with Gasteiger partial charge in [0.05, 0.1) is 16.1 Å². The Morgan fingerprint density at radius 2 is 2.06 bits per heavy atom. The number of halogens is 1. The van der Waals surface area contributed by atoms with Gasteiger partial charge in [0.15, 0.2) is 0 Å². The molecular weight excluding hydrogens is 238 g/mol.